The second-order valence-electron chi connectivity index (χ2n) is 6.74. The third-order valence-electron chi connectivity index (χ3n) is 4.96. The summed E-state index contributed by atoms with van der Waals surface area (Å²) in [5, 5.41) is 2.82. The maximum absolute atomic E-state index is 12.8. The molecule has 0 saturated carbocycles. The molecule has 2 amide bonds. The second kappa shape index (κ2) is 8.75. The first-order valence-electron chi connectivity index (χ1n) is 9.69. The Balaban J connectivity index is 1.87. The number of carbonyl (C=O) groups is 2. The Morgan fingerprint density at radius 2 is 1.83 bits per heavy atom. The summed E-state index contributed by atoms with van der Waals surface area (Å²) in [6.07, 6.45) is 1.28. The van der Waals surface area contributed by atoms with Gasteiger partial charge in [-0.05, 0) is 36.8 Å². The van der Waals surface area contributed by atoms with Crippen LogP contribution in [0.15, 0.2) is 53.4 Å². The van der Waals surface area contributed by atoms with Gasteiger partial charge in [0.05, 0.1) is 16.3 Å². The Kier molecular flexibility index (Phi) is 6.34. The summed E-state index contributed by atoms with van der Waals surface area (Å²) < 4.78 is 26.8. The van der Waals surface area contributed by atoms with Crippen molar-refractivity contribution in [3.8, 4) is 0 Å². The minimum absolute atomic E-state index is 0.0269. The summed E-state index contributed by atoms with van der Waals surface area (Å²) in [5.74, 6) is -0.403. The predicted molar refractivity (Wildman–Crippen MR) is 113 cm³/mol. The number of sulfonamides is 1. The van der Waals surface area contributed by atoms with Crippen LogP contribution in [0.1, 0.15) is 37.0 Å². The molecule has 154 valence electrons. The molecule has 3 rings (SSSR count). The van der Waals surface area contributed by atoms with Gasteiger partial charge in [-0.2, -0.15) is 4.31 Å². The number of nitrogens with zero attached hydrogens (tertiary/aromatic N) is 2. The Labute approximate surface area is 171 Å². The Morgan fingerprint density at radius 3 is 2.48 bits per heavy atom. The zero-order valence-electron chi connectivity index (χ0n) is 16.6. The second-order valence-corrected chi connectivity index (χ2v) is 8.68. The molecule has 2 aromatic carbocycles. The molecule has 1 fully saturated rings. The molecule has 0 unspecified atom stereocenters. The van der Waals surface area contributed by atoms with E-state index in [1.807, 2.05) is 6.07 Å². The third kappa shape index (κ3) is 4.33. The van der Waals surface area contributed by atoms with E-state index < -0.39 is 15.9 Å². The van der Waals surface area contributed by atoms with E-state index in [0.29, 0.717) is 37.4 Å². The smallest absolute Gasteiger partial charge is 0.255 e. The van der Waals surface area contributed by atoms with Crippen molar-refractivity contribution in [3.63, 3.8) is 0 Å². The van der Waals surface area contributed by atoms with Crippen LogP contribution in [0.3, 0.4) is 0 Å². The molecule has 1 saturated heterocycles. The molecule has 1 N–H and O–H groups in total. The summed E-state index contributed by atoms with van der Waals surface area (Å²) >= 11 is 0. The molecule has 7 nitrogen and oxygen atoms in total. The Morgan fingerprint density at radius 1 is 1.10 bits per heavy atom. The summed E-state index contributed by atoms with van der Waals surface area (Å²) in [6, 6.07) is 13.1. The van der Waals surface area contributed by atoms with Gasteiger partial charge in [-0.1, -0.05) is 32.0 Å². The van der Waals surface area contributed by atoms with Crippen molar-refractivity contribution in [2.24, 2.45) is 0 Å². The number of amides is 2. The van der Waals surface area contributed by atoms with Crippen LogP contribution in [0.25, 0.3) is 0 Å². The molecule has 0 spiro atoms. The minimum atomic E-state index is -3.66. The molecule has 0 aromatic heterocycles. The average molecular weight is 416 g/mol. The average Bonchev–Trinajstić information content (AvgIpc) is 3.15. The molecule has 0 radical (unpaired) electrons. The van der Waals surface area contributed by atoms with Gasteiger partial charge < -0.3 is 10.2 Å². The van der Waals surface area contributed by atoms with Crippen LogP contribution in [0.2, 0.25) is 0 Å². The molecule has 29 heavy (non-hydrogen) atoms. The maximum Gasteiger partial charge on any atom is 0.255 e. The summed E-state index contributed by atoms with van der Waals surface area (Å²) in [4.78, 5) is 26.7. The first kappa shape index (κ1) is 21.0. The molecule has 1 heterocycles. The molecule has 0 aliphatic carbocycles. The lowest BCUT2D eigenvalue weighted by atomic mass is 10.2. The lowest BCUT2D eigenvalue weighted by molar-refractivity contribution is -0.117. The molecule has 8 heteroatoms. The van der Waals surface area contributed by atoms with Crippen LogP contribution in [-0.4, -0.2) is 44.2 Å². The fourth-order valence-electron chi connectivity index (χ4n) is 3.42. The van der Waals surface area contributed by atoms with Crippen molar-refractivity contribution in [1.82, 2.24) is 4.31 Å². The minimum Gasteiger partial charge on any atom is -0.320 e. The van der Waals surface area contributed by atoms with Gasteiger partial charge in [0.15, 0.2) is 0 Å². The van der Waals surface area contributed by atoms with Gasteiger partial charge >= 0.3 is 0 Å². The van der Waals surface area contributed by atoms with Crippen molar-refractivity contribution < 1.29 is 18.0 Å². The summed E-state index contributed by atoms with van der Waals surface area (Å²) in [6.45, 7) is 4.87. The quantitative estimate of drug-likeness (QED) is 0.753. The van der Waals surface area contributed by atoms with E-state index in [4.69, 9.17) is 0 Å². The van der Waals surface area contributed by atoms with Crippen LogP contribution in [0.5, 0.6) is 0 Å². The van der Waals surface area contributed by atoms with Gasteiger partial charge in [0.25, 0.3) is 5.91 Å². The van der Waals surface area contributed by atoms with Gasteiger partial charge in [-0.15, -0.1) is 0 Å². The zero-order chi connectivity index (χ0) is 21.0. The first-order valence-corrected chi connectivity index (χ1v) is 11.1. The fourth-order valence-corrected chi connectivity index (χ4v) is 4.93. The van der Waals surface area contributed by atoms with Crippen LogP contribution in [-0.2, 0) is 14.8 Å². The normalized spacial score (nSPS) is 14.4. The highest BCUT2D eigenvalue weighted by molar-refractivity contribution is 7.89. The lowest BCUT2D eigenvalue weighted by Crippen LogP contribution is -2.30. The monoisotopic (exact) mass is 415 g/mol. The van der Waals surface area contributed by atoms with Gasteiger partial charge in [0, 0.05) is 31.6 Å². The van der Waals surface area contributed by atoms with Crippen molar-refractivity contribution >= 4 is 33.2 Å². The summed E-state index contributed by atoms with van der Waals surface area (Å²) in [5.41, 5.74) is 1.40. The number of nitrogens with one attached hydrogen (secondary N) is 1. The SMILES string of the molecule is CCN(CC)S(=O)(=O)c1cccc(C(=O)Nc2ccccc2N2CCCC2=O)c1. The Bertz CT molecular complexity index is 1020. The maximum atomic E-state index is 12.8. The molecule has 0 atom stereocenters. The van der Waals surface area contributed by atoms with Gasteiger partial charge in [-0.3, -0.25) is 9.59 Å². The van der Waals surface area contributed by atoms with Crippen LogP contribution < -0.4 is 10.2 Å². The number of anilines is 2. The Hall–Kier alpha value is -2.71. The lowest BCUT2D eigenvalue weighted by Gasteiger charge is -2.20. The standard InChI is InChI=1S/C21H25N3O4S/c1-3-23(4-2)29(27,28)17-10-7-9-16(15-17)21(26)22-18-11-5-6-12-19(18)24-14-8-13-20(24)25/h5-7,9-12,15H,3-4,8,13-14H2,1-2H3,(H,22,26). The van der Waals surface area contributed by atoms with E-state index in [9.17, 15) is 18.0 Å². The molecular formula is C21H25N3O4S. The third-order valence-corrected chi connectivity index (χ3v) is 7.00. The van der Waals surface area contributed by atoms with Crippen molar-refractivity contribution in [2.45, 2.75) is 31.6 Å². The van der Waals surface area contributed by atoms with Crippen LogP contribution in [0.4, 0.5) is 11.4 Å². The van der Waals surface area contributed by atoms with Crippen LogP contribution >= 0.6 is 0 Å². The summed E-state index contributed by atoms with van der Waals surface area (Å²) in [7, 11) is -3.66. The van der Waals surface area contributed by atoms with Crippen LogP contribution in [0, 0.1) is 0 Å². The van der Waals surface area contributed by atoms with Crippen molar-refractivity contribution in [2.75, 3.05) is 29.9 Å². The predicted octanol–water partition coefficient (Wildman–Crippen LogP) is 3.10. The topological polar surface area (TPSA) is 86.8 Å². The molecule has 0 bridgehead atoms. The van der Waals surface area contributed by atoms with E-state index in [0.717, 1.165) is 6.42 Å². The number of carbonyl (C=O) groups excluding carboxylic acids is 2. The van der Waals surface area contributed by atoms with Gasteiger partial charge in [0.1, 0.15) is 0 Å². The van der Waals surface area contributed by atoms with E-state index in [2.05, 4.69) is 5.32 Å². The highest BCUT2D eigenvalue weighted by Crippen LogP contribution is 2.30. The van der Waals surface area contributed by atoms with Crippen molar-refractivity contribution in [1.29, 1.82) is 0 Å². The van der Waals surface area contributed by atoms with E-state index in [1.54, 1.807) is 49.1 Å². The number of benzene rings is 2. The molecule has 1 aliphatic rings. The highest BCUT2D eigenvalue weighted by atomic mass is 32.2. The molecule has 2 aromatic rings. The largest absolute Gasteiger partial charge is 0.320 e. The molecular weight excluding hydrogens is 390 g/mol. The van der Waals surface area contributed by atoms with E-state index >= 15 is 0 Å². The van der Waals surface area contributed by atoms with Crippen molar-refractivity contribution in [3.05, 3.63) is 54.1 Å². The van der Waals surface area contributed by atoms with E-state index in [1.165, 1.54) is 16.4 Å². The zero-order valence-corrected chi connectivity index (χ0v) is 17.4. The number of hydrogen-bond donors (Lipinski definition) is 1. The number of para-hydroxylation sites is 2. The highest BCUT2D eigenvalue weighted by Gasteiger charge is 2.25. The van der Waals surface area contributed by atoms with Gasteiger partial charge in [-0.25, -0.2) is 8.42 Å². The fraction of sp³-hybridized carbons (Fsp3) is 0.333. The number of rotatable bonds is 7. The molecule has 1 aliphatic heterocycles. The van der Waals surface area contributed by atoms with E-state index in [-0.39, 0.29) is 16.4 Å². The van der Waals surface area contributed by atoms with Gasteiger partial charge in [0.2, 0.25) is 15.9 Å². The number of hydrogen-bond acceptors (Lipinski definition) is 4. The first-order chi connectivity index (χ1) is 13.9.